The van der Waals surface area contributed by atoms with Crippen molar-refractivity contribution in [1.29, 1.82) is 0 Å². The molecule has 11 nitrogen and oxygen atoms in total. The number of hydrogen-bond donors (Lipinski definition) is 2. The minimum absolute atomic E-state index is 0.00610. The zero-order valence-corrected chi connectivity index (χ0v) is 31.5. The zero-order valence-electron chi connectivity index (χ0n) is 29.5. The summed E-state index contributed by atoms with van der Waals surface area (Å²) in [6.07, 6.45) is 6.04. The summed E-state index contributed by atoms with van der Waals surface area (Å²) in [6, 6.07) is 8.06. The van der Waals surface area contributed by atoms with Crippen LogP contribution in [-0.4, -0.2) is 95.7 Å². The molecule has 2 N–H and O–H groups in total. The van der Waals surface area contributed by atoms with E-state index in [1.54, 1.807) is 24.9 Å². The van der Waals surface area contributed by atoms with Gasteiger partial charge in [-0.1, -0.05) is 45.3 Å². The lowest BCUT2D eigenvalue weighted by atomic mass is 9.88. The molecule has 2 unspecified atom stereocenters. The van der Waals surface area contributed by atoms with Crippen molar-refractivity contribution < 1.29 is 24.5 Å². The number of pyridine rings is 1. The normalized spacial score (nSPS) is 20.3. The van der Waals surface area contributed by atoms with Crippen LogP contribution in [0.15, 0.2) is 30.6 Å². The molecule has 2 fully saturated rings. The fraction of sp³-hybridized carbons (Fsp3) is 0.647. The van der Waals surface area contributed by atoms with Crippen molar-refractivity contribution in [1.82, 2.24) is 24.5 Å². The summed E-state index contributed by atoms with van der Waals surface area (Å²) in [7, 11) is -2.54. The number of hydrogen-bond acceptors (Lipinski definition) is 8. The van der Waals surface area contributed by atoms with Gasteiger partial charge in [-0.3, -0.25) is 4.98 Å². The zero-order chi connectivity index (χ0) is 34.1. The minimum Gasteiger partial charge on any atom is -0.465 e. The predicted molar refractivity (Wildman–Crippen MR) is 191 cm³/mol. The molecule has 0 aromatic carbocycles. The van der Waals surface area contributed by atoms with Crippen molar-refractivity contribution >= 4 is 33.7 Å². The van der Waals surface area contributed by atoms with Crippen LogP contribution < -0.4 is 4.90 Å². The van der Waals surface area contributed by atoms with Gasteiger partial charge in [0.05, 0.1) is 11.9 Å². The lowest BCUT2D eigenvalue weighted by Crippen LogP contribution is -2.45. The molecule has 3 aromatic heterocycles. The van der Waals surface area contributed by atoms with Gasteiger partial charge in [-0.15, -0.1) is 0 Å². The van der Waals surface area contributed by atoms with Crippen molar-refractivity contribution in [3.63, 3.8) is 0 Å². The van der Waals surface area contributed by atoms with Crippen LogP contribution in [0.1, 0.15) is 56.8 Å². The maximum absolute atomic E-state index is 12.1. The molecule has 0 aliphatic carbocycles. The third kappa shape index (κ3) is 8.80. The summed E-state index contributed by atoms with van der Waals surface area (Å²) in [4.78, 5) is 25.6. The summed E-state index contributed by atoms with van der Waals surface area (Å²) in [6.45, 7) is 19.6. The van der Waals surface area contributed by atoms with Gasteiger partial charge in [0, 0.05) is 76.4 Å². The molecular formula is C34H54N6O5Si2. The standard InChI is InChI=1S/C34H54N6O5Si2/c1-34(2,43)30-12-9-24(20-35-30)28-21-36-40-31(38(22-44-13-15-46(3,4)5)23-45-14-16-47(6,7)8)19-29(37-32(28)40)25-17-26-10-11-27(18-25)39(26)33(41)42/h9,12,19-21,25-27,43H,10-11,13-18,22-23H2,1-8H3,(H,41,42). The molecule has 0 saturated carbocycles. The smallest absolute Gasteiger partial charge is 0.407 e. The van der Waals surface area contributed by atoms with Gasteiger partial charge in [-0.05, 0) is 57.7 Å². The van der Waals surface area contributed by atoms with Crippen LogP contribution in [0, 0.1) is 0 Å². The van der Waals surface area contributed by atoms with Crippen molar-refractivity contribution in [2.24, 2.45) is 0 Å². The number of rotatable bonds is 14. The Labute approximate surface area is 281 Å². The summed E-state index contributed by atoms with van der Waals surface area (Å²) >= 11 is 0. The fourth-order valence-electron chi connectivity index (χ4n) is 6.52. The van der Waals surface area contributed by atoms with E-state index >= 15 is 0 Å². The Morgan fingerprint density at radius 2 is 1.57 bits per heavy atom. The van der Waals surface area contributed by atoms with E-state index in [0.29, 0.717) is 38.0 Å². The quantitative estimate of drug-likeness (QED) is 0.107. The molecule has 5 heterocycles. The lowest BCUT2D eigenvalue weighted by molar-refractivity contribution is 0.0738. The summed E-state index contributed by atoms with van der Waals surface area (Å²) in [5.74, 6) is 0.957. The molecule has 2 aliphatic rings. The SMILES string of the molecule is CC(C)(O)c1ccc(-c2cnn3c(N(COCC[Si](C)(C)C)COCC[Si](C)(C)C)cc(C4CC5CCC(C4)N5C(=O)O)nc23)cn1. The monoisotopic (exact) mass is 682 g/mol. The van der Waals surface area contributed by atoms with Crippen LogP contribution in [0.3, 0.4) is 0 Å². The van der Waals surface area contributed by atoms with Crippen molar-refractivity contribution in [3.05, 3.63) is 42.0 Å². The number of aliphatic hydroxyl groups is 1. The van der Waals surface area contributed by atoms with Gasteiger partial charge in [-0.25, -0.2) is 9.78 Å². The van der Waals surface area contributed by atoms with E-state index in [1.165, 1.54) is 0 Å². The number of anilines is 1. The van der Waals surface area contributed by atoms with Gasteiger partial charge in [0.15, 0.2) is 5.65 Å². The number of carboxylic acid groups (broad SMARTS) is 1. The van der Waals surface area contributed by atoms with Crippen LogP contribution in [0.5, 0.6) is 0 Å². The van der Waals surface area contributed by atoms with E-state index < -0.39 is 27.8 Å². The van der Waals surface area contributed by atoms with E-state index in [1.807, 2.05) is 22.8 Å². The maximum Gasteiger partial charge on any atom is 0.407 e. The molecule has 1 amide bonds. The number of piperidine rings is 1. The number of aromatic nitrogens is 4. The third-order valence-corrected chi connectivity index (χ3v) is 12.8. The van der Waals surface area contributed by atoms with Gasteiger partial charge < -0.3 is 29.5 Å². The maximum atomic E-state index is 12.1. The molecular weight excluding hydrogens is 629 g/mol. The molecule has 258 valence electrons. The number of fused-ring (bicyclic) bond motifs is 3. The summed E-state index contributed by atoms with van der Waals surface area (Å²) in [5.41, 5.74) is 2.88. The van der Waals surface area contributed by atoms with Gasteiger partial charge in [-0.2, -0.15) is 9.61 Å². The highest BCUT2D eigenvalue weighted by Crippen LogP contribution is 2.43. The van der Waals surface area contributed by atoms with E-state index in [2.05, 4.69) is 55.2 Å². The van der Waals surface area contributed by atoms with E-state index in [-0.39, 0.29) is 18.0 Å². The average molecular weight is 683 g/mol. The van der Waals surface area contributed by atoms with E-state index in [9.17, 15) is 15.0 Å². The fourth-order valence-corrected chi connectivity index (χ4v) is 8.04. The largest absolute Gasteiger partial charge is 0.465 e. The topological polar surface area (TPSA) is 126 Å². The first kappa shape index (κ1) is 35.5. The molecule has 2 bridgehead atoms. The minimum atomic E-state index is -1.27. The van der Waals surface area contributed by atoms with Gasteiger partial charge in [0.25, 0.3) is 0 Å². The average Bonchev–Trinajstić information content (AvgIpc) is 3.52. The Morgan fingerprint density at radius 1 is 0.979 bits per heavy atom. The van der Waals surface area contributed by atoms with Crippen molar-refractivity contribution in [2.45, 2.75) is 115 Å². The Hall–Kier alpha value is -2.85. The van der Waals surface area contributed by atoms with Gasteiger partial charge >= 0.3 is 6.09 Å². The summed E-state index contributed by atoms with van der Waals surface area (Å²) < 4.78 is 14.5. The Balaban J connectivity index is 1.54. The molecule has 2 saturated heterocycles. The predicted octanol–water partition coefficient (Wildman–Crippen LogP) is 6.84. The summed E-state index contributed by atoms with van der Waals surface area (Å²) in [5, 5.41) is 25.2. The molecule has 2 atom stereocenters. The molecule has 0 spiro atoms. The van der Waals surface area contributed by atoms with E-state index in [0.717, 1.165) is 60.4 Å². The molecule has 2 aliphatic heterocycles. The Bertz CT molecular complexity index is 1490. The first-order valence-corrected chi connectivity index (χ1v) is 24.4. The molecule has 47 heavy (non-hydrogen) atoms. The van der Waals surface area contributed by atoms with Crippen LogP contribution in [-0.2, 0) is 15.1 Å². The van der Waals surface area contributed by atoms with Crippen LogP contribution in [0.2, 0.25) is 51.4 Å². The molecule has 5 rings (SSSR count). The van der Waals surface area contributed by atoms with Gasteiger partial charge in [0.1, 0.15) is 24.9 Å². The Morgan fingerprint density at radius 3 is 2.06 bits per heavy atom. The van der Waals surface area contributed by atoms with Crippen molar-refractivity contribution in [3.8, 4) is 11.1 Å². The highest BCUT2D eigenvalue weighted by molar-refractivity contribution is 6.76. The van der Waals surface area contributed by atoms with Gasteiger partial charge in [0.2, 0.25) is 0 Å². The third-order valence-electron chi connectivity index (χ3n) is 9.36. The van der Waals surface area contributed by atoms with Crippen LogP contribution in [0.4, 0.5) is 10.6 Å². The Kier molecular flexibility index (Phi) is 10.5. The van der Waals surface area contributed by atoms with Crippen LogP contribution in [0.25, 0.3) is 16.8 Å². The number of nitrogens with zero attached hydrogens (tertiary/aromatic N) is 6. The first-order chi connectivity index (χ1) is 22.0. The van der Waals surface area contributed by atoms with Crippen LogP contribution >= 0.6 is 0 Å². The van der Waals surface area contributed by atoms with Crippen molar-refractivity contribution in [2.75, 3.05) is 31.6 Å². The second-order valence-electron chi connectivity index (χ2n) is 16.3. The number of amides is 1. The second-order valence-corrected chi connectivity index (χ2v) is 27.5. The number of carbonyl (C=O) groups is 1. The number of ether oxygens (including phenoxy) is 2. The second kappa shape index (κ2) is 13.9. The first-order valence-electron chi connectivity index (χ1n) is 17.0. The lowest BCUT2D eigenvalue weighted by Gasteiger charge is -2.37. The highest BCUT2D eigenvalue weighted by Gasteiger charge is 2.44. The molecule has 13 heteroatoms. The molecule has 3 aromatic rings. The van der Waals surface area contributed by atoms with E-state index in [4.69, 9.17) is 19.6 Å². The molecule has 0 radical (unpaired) electrons. The highest BCUT2D eigenvalue weighted by atomic mass is 28.3.